The second-order valence-electron chi connectivity index (χ2n) is 8.05. The molecule has 1 amide bonds. The van der Waals surface area contributed by atoms with Crippen molar-refractivity contribution in [3.63, 3.8) is 0 Å². The number of carbonyl (C=O) groups is 1. The summed E-state index contributed by atoms with van der Waals surface area (Å²) in [4.78, 5) is 13.7. The van der Waals surface area contributed by atoms with Gasteiger partial charge in [0.05, 0.1) is 19.8 Å². The molecule has 0 aliphatic heterocycles. The zero-order valence-electron chi connectivity index (χ0n) is 17.1. The highest BCUT2D eigenvalue weighted by Gasteiger charge is 2.37. The van der Waals surface area contributed by atoms with Crippen LogP contribution < -0.4 is 4.74 Å². The number of carbonyl (C=O) groups excluding carboxylic acids is 1. The van der Waals surface area contributed by atoms with Crippen molar-refractivity contribution in [1.82, 2.24) is 4.90 Å². The van der Waals surface area contributed by atoms with Crippen molar-refractivity contribution in [3.05, 3.63) is 35.9 Å². The van der Waals surface area contributed by atoms with Gasteiger partial charge in [0.15, 0.2) is 8.32 Å². The molecule has 0 heterocycles. The van der Waals surface area contributed by atoms with Gasteiger partial charge in [-0.1, -0.05) is 32.9 Å². The van der Waals surface area contributed by atoms with Crippen LogP contribution in [0, 0.1) is 0 Å². The number of hydrogen-bond acceptors (Lipinski definition) is 4. The minimum absolute atomic E-state index is 0.0928. The number of rotatable bonds is 8. The lowest BCUT2D eigenvalue weighted by atomic mass is 10.2. The van der Waals surface area contributed by atoms with Crippen LogP contribution in [0.1, 0.15) is 26.3 Å². The fourth-order valence-electron chi connectivity index (χ4n) is 1.99. The van der Waals surface area contributed by atoms with Gasteiger partial charge < -0.3 is 19.2 Å². The quantitative estimate of drug-likeness (QED) is 0.554. The Morgan fingerprint density at radius 1 is 1.27 bits per heavy atom. The molecule has 0 aliphatic rings. The molecule has 0 bridgehead atoms. The Morgan fingerprint density at radius 2 is 1.85 bits per heavy atom. The van der Waals surface area contributed by atoms with Crippen molar-refractivity contribution in [2.45, 2.75) is 45.0 Å². The molecule has 1 aromatic rings. The van der Waals surface area contributed by atoms with Crippen LogP contribution in [0.3, 0.4) is 0 Å². The van der Waals surface area contributed by atoms with Gasteiger partial charge in [-0.2, -0.15) is 0 Å². The average Bonchev–Trinajstić information content (AvgIpc) is 2.57. The second kappa shape index (κ2) is 9.35. The summed E-state index contributed by atoms with van der Waals surface area (Å²) in [5, 5.41) is 10.3. The zero-order chi connectivity index (χ0) is 20.0. The number of likely N-dealkylation sites (N-methyl/N-ethyl adjacent to an activating group) is 1. The molecule has 1 aromatic carbocycles. The first kappa shape index (κ1) is 22.4. The Bertz CT molecular complexity index is 605. The predicted molar refractivity (Wildman–Crippen MR) is 109 cm³/mol. The maximum atomic E-state index is 12.2. The largest absolute Gasteiger partial charge is 0.497 e. The van der Waals surface area contributed by atoms with Crippen molar-refractivity contribution in [1.29, 1.82) is 0 Å². The number of nitrogens with zero attached hydrogens (tertiary/aromatic N) is 1. The van der Waals surface area contributed by atoms with Gasteiger partial charge in [-0.15, -0.1) is 0 Å². The number of benzene rings is 1. The molecule has 1 N–H and O–H groups in total. The monoisotopic (exact) mass is 379 g/mol. The third-order valence-corrected chi connectivity index (χ3v) is 9.34. The molecule has 0 saturated heterocycles. The van der Waals surface area contributed by atoms with Crippen LogP contribution in [0.15, 0.2) is 30.3 Å². The highest BCUT2D eigenvalue weighted by atomic mass is 28.4. The number of aliphatic hydroxyl groups is 1. The van der Waals surface area contributed by atoms with Gasteiger partial charge in [0.1, 0.15) is 5.75 Å². The molecular formula is C20H33NO4Si. The third kappa shape index (κ3) is 6.94. The molecule has 0 aromatic heterocycles. The van der Waals surface area contributed by atoms with Gasteiger partial charge in [0.25, 0.3) is 0 Å². The van der Waals surface area contributed by atoms with E-state index in [1.165, 1.54) is 11.0 Å². The molecule has 1 rings (SSSR count). The first-order chi connectivity index (χ1) is 12.0. The Hall–Kier alpha value is -1.63. The number of hydrogen-bond donors (Lipinski definition) is 1. The highest BCUT2D eigenvalue weighted by molar-refractivity contribution is 6.74. The molecule has 0 spiro atoms. The van der Waals surface area contributed by atoms with E-state index in [2.05, 4.69) is 33.9 Å². The molecule has 0 aliphatic carbocycles. The lowest BCUT2D eigenvalue weighted by molar-refractivity contribution is -0.126. The first-order valence-corrected chi connectivity index (χ1v) is 11.8. The average molecular weight is 380 g/mol. The fourth-order valence-corrected chi connectivity index (χ4v) is 3.03. The predicted octanol–water partition coefficient (Wildman–Crippen LogP) is 3.55. The van der Waals surface area contributed by atoms with Crippen molar-refractivity contribution >= 4 is 20.3 Å². The number of aliphatic hydroxyl groups excluding tert-OH is 1. The maximum absolute atomic E-state index is 12.2. The molecule has 1 unspecified atom stereocenters. The molecule has 0 fully saturated rings. The molecule has 1 atom stereocenters. The highest BCUT2D eigenvalue weighted by Crippen LogP contribution is 2.36. The topological polar surface area (TPSA) is 59.0 Å². The number of ether oxygens (including phenoxy) is 1. The normalized spacial score (nSPS) is 13.7. The van der Waals surface area contributed by atoms with Gasteiger partial charge in [0.2, 0.25) is 5.91 Å². The number of amides is 1. The Kier molecular flexibility index (Phi) is 8.05. The number of methoxy groups -OCH3 is 1. The van der Waals surface area contributed by atoms with E-state index < -0.39 is 14.4 Å². The Balaban J connectivity index is 2.51. The molecule has 0 radical (unpaired) electrons. The smallest absolute Gasteiger partial charge is 0.246 e. The molecule has 26 heavy (non-hydrogen) atoms. The molecule has 0 saturated carbocycles. The molecular weight excluding hydrogens is 346 g/mol. The lowest BCUT2D eigenvalue weighted by Gasteiger charge is -2.37. The van der Waals surface area contributed by atoms with Crippen LogP contribution in [0.2, 0.25) is 18.1 Å². The van der Waals surface area contributed by atoms with Crippen LogP contribution in [-0.4, -0.2) is 57.6 Å². The van der Waals surface area contributed by atoms with Crippen LogP contribution in [0.5, 0.6) is 5.75 Å². The van der Waals surface area contributed by atoms with E-state index in [0.717, 1.165) is 11.3 Å². The summed E-state index contributed by atoms with van der Waals surface area (Å²) in [6, 6.07) is 7.45. The summed E-state index contributed by atoms with van der Waals surface area (Å²) in [5.74, 6) is 0.614. The summed E-state index contributed by atoms with van der Waals surface area (Å²) in [6.45, 7) is 11.2. The van der Waals surface area contributed by atoms with Gasteiger partial charge in [-0.25, -0.2) is 0 Å². The van der Waals surface area contributed by atoms with Crippen LogP contribution >= 0.6 is 0 Å². The standard InChI is InChI=1S/C20H33NO4Si/c1-20(2,3)26(6,7)25-15-17(22)14-21(4)19(23)13-10-16-8-11-18(24-5)12-9-16/h8-13,17,22H,14-15H2,1-7H3. The van der Waals surface area contributed by atoms with E-state index in [0.29, 0.717) is 0 Å². The summed E-state index contributed by atoms with van der Waals surface area (Å²) >= 11 is 0. The van der Waals surface area contributed by atoms with E-state index in [9.17, 15) is 9.90 Å². The molecule has 5 nitrogen and oxygen atoms in total. The van der Waals surface area contributed by atoms with Crippen LogP contribution in [-0.2, 0) is 9.22 Å². The summed E-state index contributed by atoms with van der Waals surface area (Å²) in [6.07, 6.45) is 2.55. The molecule has 146 valence electrons. The summed E-state index contributed by atoms with van der Waals surface area (Å²) < 4.78 is 11.1. The minimum Gasteiger partial charge on any atom is -0.497 e. The Labute approximate surface area is 158 Å². The maximum Gasteiger partial charge on any atom is 0.246 e. The van der Waals surface area contributed by atoms with E-state index >= 15 is 0 Å². The lowest BCUT2D eigenvalue weighted by Crippen LogP contribution is -2.44. The van der Waals surface area contributed by atoms with E-state index in [1.54, 1.807) is 20.2 Å². The van der Waals surface area contributed by atoms with Gasteiger partial charge in [-0.3, -0.25) is 4.79 Å². The summed E-state index contributed by atoms with van der Waals surface area (Å²) in [7, 11) is 1.39. The van der Waals surface area contributed by atoms with Gasteiger partial charge >= 0.3 is 0 Å². The SMILES string of the molecule is COc1ccc(C=CC(=O)N(C)CC(O)CO[Si](C)(C)C(C)(C)C)cc1. The van der Waals surface area contributed by atoms with Crippen molar-refractivity contribution < 1.29 is 19.1 Å². The zero-order valence-corrected chi connectivity index (χ0v) is 18.1. The van der Waals surface area contributed by atoms with Gasteiger partial charge in [0, 0.05) is 19.7 Å². The fraction of sp³-hybridized carbons (Fsp3) is 0.550. The van der Waals surface area contributed by atoms with E-state index in [1.807, 2.05) is 24.3 Å². The van der Waals surface area contributed by atoms with Crippen molar-refractivity contribution in [2.75, 3.05) is 27.3 Å². The van der Waals surface area contributed by atoms with Crippen LogP contribution in [0.4, 0.5) is 0 Å². The van der Waals surface area contributed by atoms with E-state index in [-0.39, 0.29) is 24.1 Å². The Morgan fingerprint density at radius 3 is 2.35 bits per heavy atom. The van der Waals surface area contributed by atoms with Crippen LogP contribution in [0.25, 0.3) is 6.08 Å². The minimum atomic E-state index is -1.90. The van der Waals surface area contributed by atoms with Crippen molar-refractivity contribution in [3.8, 4) is 5.75 Å². The second-order valence-corrected chi connectivity index (χ2v) is 12.9. The first-order valence-electron chi connectivity index (χ1n) is 8.85. The summed E-state index contributed by atoms with van der Waals surface area (Å²) in [5.41, 5.74) is 0.911. The molecule has 6 heteroatoms. The van der Waals surface area contributed by atoms with Crippen molar-refractivity contribution in [2.24, 2.45) is 0 Å². The van der Waals surface area contributed by atoms with Gasteiger partial charge in [-0.05, 0) is 41.9 Å². The van der Waals surface area contributed by atoms with E-state index in [4.69, 9.17) is 9.16 Å². The third-order valence-electron chi connectivity index (χ3n) is 4.84.